The van der Waals surface area contributed by atoms with Crippen LogP contribution in [0.3, 0.4) is 0 Å². The van der Waals surface area contributed by atoms with Crippen LogP contribution in [-0.4, -0.2) is 31.4 Å². The van der Waals surface area contributed by atoms with Crippen molar-refractivity contribution in [1.29, 1.82) is 0 Å². The lowest BCUT2D eigenvalue weighted by Gasteiger charge is -2.07. The molecule has 0 amide bonds. The van der Waals surface area contributed by atoms with Gasteiger partial charge in [0.05, 0.1) is 13.2 Å². The largest absolute Gasteiger partial charge is 0.466 e. The average molecular weight is 456 g/mol. The molecular weight excluding hydrogens is 404 g/mol. The Balaban J connectivity index is 0. The molecule has 5 heteroatoms. The first-order valence-electron chi connectivity index (χ1n) is 13.0. The van der Waals surface area contributed by atoms with Gasteiger partial charge in [0.2, 0.25) is 0 Å². The summed E-state index contributed by atoms with van der Waals surface area (Å²) in [6.45, 7) is 11.8. The number of carbonyl (C=O) groups is 2. The Hall–Kier alpha value is -1.39. The van der Waals surface area contributed by atoms with Crippen LogP contribution in [0.1, 0.15) is 131 Å². The van der Waals surface area contributed by atoms with E-state index in [0.717, 1.165) is 37.5 Å². The van der Waals surface area contributed by atoms with Crippen molar-refractivity contribution in [1.82, 2.24) is 0 Å². The topological polar surface area (TPSA) is 69.7 Å². The van der Waals surface area contributed by atoms with Crippen molar-refractivity contribution in [2.75, 3.05) is 13.2 Å². The van der Waals surface area contributed by atoms with E-state index < -0.39 is 0 Å². The SMILES string of the molecule is CC(C)CCCCCCOC(=O)CCCCC(=O)OCCCCCCC(C)C.CC[C]=O. The molecule has 1 radical (unpaired) electrons. The second-order valence-corrected chi connectivity index (χ2v) is 9.34. The van der Waals surface area contributed by atoms with E-state index in [-0.39, 0.29) is 11.9 Å². The van der Waals surface area contributed by atoms with E-state index in [1.807, 2.05) is 0 Å². The fraction of sp³-hybridized carbons (Fsp3) is 0.889. The molecule has 0 fully saturated rings. The van der Waals surface area contributed by atoms with Gasteiger partial charge in [-0.15, -0.1) is 0 Å². The summed E-state index contributed by atoms with van der Waals surface area (Å²) >= 11 is 0. The molecule has 0 rings (SSSR count). The summed E-state index contributed by atoms with van der Waals surface area (Å²) in [6, 6.07) is 0. The molecule has 0 aromatic carbocycles. The lowest BCUT2D eigenvalue weighted by atomic mass is 10.0. The molecule has 0 spiro atoms. The summed E-state index contributed by atoms with van der Waals surface area (Å²) in [4.78, 5) is 32.4. The van der Waals surface area contributed by atoms with E-state index in [1.54, 1.807) is 13.2 Å². The normalized spacial score (nSPS) is 10.6. The van der Waals surface area contributed by atoms with Crippen LogP contribution >= 0.6 is 0 Å². The molecule has 0 saturated carbocycles. The van der Waals surface area contributed by atoms with Gasteiger partial charge < -0.3 is 9.47 Å². The third kappa shape index (κ3) is 30.8. The highest BCUT2D eigenvalue weighted by Crippen LogP contribution is 2.11. The van der Waals surface area contributed by atoms with Crippen LogP contribution in [0, 0.1) is 11.8 Å². The van der Waals surface area contributed by atoms with Crippen LogP contribution in [0.15, 0.2) is 0 Å². The van der Waals surface area contributed by atoms with Gasteiger partial charge in [0.25, 0.3) is 0 Å². The minimum atomic E-state index is -0.142. The summed E-state index contributed by atoms with van der Waals surface area (Å²) < 4.78 is 10.5. The fourth-order valence-corrected chi connectivity index (χ4v) is 3.07. The molecule has 0 aromatic rings. The van der Waals surface area contributed by atoms with Crippen LogP contribution in [0.25, 0.3) is 0 Å². The first-order valence-corrected chi connectivity index (χ1v) is 13.0. The van der Waals surface area contributed by atoms with Crippen molar-refractivity contribution < 1.29 is 23.9 Å². The van der Waals surface area contributed by atoms with Crippen LogP contribution < -0.4 is 0 Å². The van der Waals surface area contributed by atoms with Gasteiger partial charge in [-0.3, -0.25) is 14.4 Å². The van der Waals surface area contributed by atoms with Crippen molar-refractivity contribution in [3.05, 3.63) is 0 Å². The van der Waals surface area contributed by atoms with Gasteiger partial charge in [-0.1, -0.05) is 86.0 Å². The predicted octanol–water partition coefficient (Wildman–Crippen LogP) is 7.35. The highest BCUT2D eigenvalue weighted by atomic mass is 16.5. The molecule has 0 atom stereocenters. The molecule has 0 saturated heterocycles. The standard InChI is InChI=1S/C24H46O4.C3H5O/c1-21(2)15-9-5-7-13-19-27-23(25)17-11-12-18-24(26)28-20-14-8-6-10-16-22(3)4;1-2-3-4/h21-22H,5-20H2,1-4H3;2H2,1H3. The van der Waals surface area contributed by atoms with E-state index >= 15 is 0 Å². The first-order chi connectivity index (χ1) is 15.3. The number of ether oxygens (including phenoxy) is 2. The zero-order chi connectivity index (χ0) is 24.5. The summed E-state index contributed by atoms with van der Waals surface area (Å²) in [5, 5.41) is 0. The van der Waals surface area contributed by atoms with E-state index in [9.17, 15) is 9.59 Å². The summed E-state index contributed by atoms with van der Waals surface area (Å²) in [6.07, 6.45) is 16.1. The number of esters is 2. The molecule has 0 aliphatic heterocycles. The molecule has 0 unspecified atom stereocenters. The van der Waals surface area contributed by atoms with Crippen molar-refractivity contribution >= 4 is 18.2 Å². The Kier molecular flexibility index (Phi) is 26.5. The molecule has 189 valence electrons. The summed E-state index contributed by atoms with van der Waals surface area (Å²) in [5.41, 5.74) is 0. The Morgan fingerprint density at radius 1 is 0.625 bits per heavy atom. The van der Waals surface area contributed by atoms with Gasteiger partial charge in [0.15, 0.2) is 6.29 Å². The van der Waals surface area contributed by atoms with Gasteiger partial charge in [-0.05, 0) is 37.5 Å². The number of carbonyl (C=O) groups excluding carboxylic acids is 3. The Bertz CT molecular complexity index is 396. The summed E-state index contributed by atoms with van der Waals surface area (Å²) in [5.74, 6) is 1.26. The zero-order valence-electron chi connectivity index (χ0n) is 21.7. The van der Waals surface area contributed by atoms with Gasteiger partial charge in [-0.2, -0.15) is 0 Å². The van der Waals surface area contributed by atoms with Crippen molar-refractivity contribution in [2.24, 2.45) is 11.8 Å². The Morgan fingerprint density at radius 2 is 0.969 bits per heavy atom. The van der Waals surface area contributed by atoms with Crippen molar-refractivity contribution in [3.8, 4) is 0 Å². The van der Waals surface area contributed by atoms with Gasteiger partial charge in [0, 0.05) is 19.3 Å². The number of unbranched alkanes of at least 4 members (excludes halogenated alkanes) is 7. The molecule has 0 aromatic heterocycles. The number of hydrogen-bond acceptors (Lipinski definition) is 5. The van der Waals surface area contributed by atoms with Crippen molar-refractivity contribution in [3.63, 3.8) is 0 Å². The number of hydrogen-bond donors (Lipinski definition) is 0. The fourth-order valence-electron chi connectivity index (χ4n) is 3.07. The molecule has 5 nitrogen and oxygen atoms in total. The maximum atomic E-state index is 11.7. The molecule has 0 aliphatic carbocycles. The molecule has 0 heterocycles. The van der Waals surface area contributed by atoms with Crippen LogP contribution in [0.2, 0.25) is 0 Å². The highest BCUT2D eigenvalue weighted by molar-refractivity contribution is 5.70. The molecule has 32 heavy (non-hydrogen) atoms. The predicted molar refractivity (Wildman–Crippen MR) is 132 cm³/mol. The van der Waals surface area contributed by atoms with Gasteiger partial charge in [-0.25, -0.2) is 0 Å². The lowest BCUT2D eigenvalue weighted by molar-refractivity contribution is -0.146. The first kappa shape index (κ1) is 32.8. The van der Waals surface area contributed by atoms with Crippen LogP contribution in [0.5, 0.6) is 0 Å². The quantitative estimate of drug-likeness (QED) is 0.142. The van der Waals surface area contributed by atoms with Crippen LogP contribution in [0.4, 0.5) is 0 Å². The monoisotopic (exact) mass is 455 g/mol. The van der Waals surface area contributed by atoms with E-state index in [4.69, 9.17) is 14.3 Å². The number of rotatable bonds is 20. The third-order valence-electron chi connectivity index (χ3n) is 5.03. The van der Waals surface area contributed by atoms with E-state index in [1.165, 1.54) is 38.5 Å². The van der Waals surface area contributed by atoms with E-state index in [2.05, 4.69) is 27.7 Å². The minimum Gasteiger partial charge on any atom is -0.466 e. The van der Waals surface area contributed by atoms with Gasteiger partial charge in [0.1, 0.15) is 0 Å². The smallest absolute Gasteiger partial charge is 0.305 e. The van der Waals surface area contributed by atoms with Gasteiger partial charge >= 0.3 is 11.9 Å². The van der Waals surface area contributed by atoms with Crippen LogP contribution in [-0.2, 0) is 23.9 Å². The second kappa shape index (κ2) is 25.9. The minimum absolute atomic E-state index is 0.142. The second-order valence-electron chi connectivity index (χ2n) is 9.34. The molecule has 0 bridgehead atoms. The summed E-state index contributed by atoms with van der Waals surface area (Å²) in [7, 11) is 0. The van der Waals surface area contributed by atoms with Crippen molar-refractivity contribution in [2.45, 2.75) is 131 Å². The Morgan fingerprint density at radius 3 is 1.28 bits per heavy atom. The Labute approximate surface area is 198 Å². The molecule has 0 N–H and O–H groups in total. The third-order valence-corrected chi connectivity index (χ3v) is 5.03. The maximum Gasteiger partial charge on any atom is 0.305 e. The molecular formula is C27H51O5. The molecule has 0 aliphatic rings. The zero-order valence-corrected chi connectivity index (χ0v) is 21.7. The highest BCUT2D eigenvalue weighted by Gasteiger charge is 2.06. The lowest BCUT2D eigenvalue weighted by Crippen LogP contribution is -2.08. The van der Waals surface area contributed by atoms with E-state index in [0.29, 0.717) is 45.3 Å². The maximum absolute atomic E-state index is 11.7. The average Bonchev–Trinajstić information content (AvgIpc) is 2.75.